The topological polar surface area (TPSA) is 66.3 Å². The lowest BCUT2D eigenvalue weighted by Crippen LogP contribution is -2.26. The van der Waals surface area contributed by atoms with Gasteiger partial charge >= 0.3 is 5.97 Å². The molecule has 1 fully saturated rings. The lowest BCUT2D eigenvalue weighted by molar-refractivity contribution is 0.0690. The Hall–Kier alpha value is -1.65. The van der Waals surface area contributed by atoms with Gasteiger partial charge in [0.2, 0.25) is 0 Å². The summed E-state index contributed by atoms with van der Waals surface area (Å²) in [6.45, 7) is 5.86. The summed E-state index contributed by atoms with van der Waals surface area (Å²) in [6, 6.07) is 1.60. The number of carboxylic acid groups (broad SMARTS) is 1. The molecule has 0 unspecified atom stereocenters. The predicted octanol–water partition coefficient (Wildman–Crippen LogP) is 2.68. The smallest absolute Gasteiger partial charge is 0.354 e. The second kappa shape index (κ2) is 5.99. The van der Waals surface area contributed by atoms with Crippen molar-refractivity contribution in [3.8, 4) is 0 Å². The Morgan fingerprint density at radius 2 is 1.84 bits per heavy atom. The highest BCUT2D eigenvalue weighted by molar-refractivity contribution is 5.86. The summed E-state index contributed by atoms with van der Waals surface area (Å²) in [7, 11) is 0. The number of carbonyl (C=O) groups is 1. The normalized spacial score (nSPS) is 16.5. The molecule has 2 heterocycles. The van der Waals surface area contributed by atoms with Crippen LogP contribution in [0.3, 0.4) is 0 Å². The van der Waals surface area contributed by atoms with Crippen molar-refractivity contribution in [2.75, 3.05) is 18.0 Å². The van der Waals surface area contributed by atoms with Crippen molar-refractivity contribution >= 4 is 11.8 Å². The molecule has 0 atom stereocenters. The van der Waals surface area contributed by atoms with Crippen LogP contribution in [0.15, 0.2) is 6.07 Å². The quantitative estimate of drug-likeness (QED) is 0.908. The van der Waals surface area contributed by atoms with Gasteiger partial charge in [-0.1, -0.05) is 26.7 Å². The van der Waals surface area contributed by atoms with Crippen LogP contribution in [0, 0.1) is 0 Å². The van der Waals surface area contributed by atoms with Gasteiger partial charge in [-0.25, -0.2) is 14.8 Å². The number of anilines is 1. The van der Waals surface area contributed by atoms with E-state index < -0.39 is 5.97 Å². The molecule has 1 aliphatic rings. The molecule has 1 aromatic rings. The van der Waals surface area contributed by atoms with Crippen LogP contribution in [0.2, 0.25) is 0 Å². The van der Waals surface area contributed by atoms with E-state index in [9.17, 15) is 4.79 Å². The highest BCUT2D eigenvalue weighted by Gasteiger charge is 2.17. The van der Waals surface area contributed by atoms with Gasteiger partial charge in [-0.2, -0.15) is 0 Å². The summed E-state index contributed by atoms with van der Waals surface area (Å²) in [5.41, 5.74) is 0.0953. The number of hydrogen-bond donors (Lipinski definition) is 1. The van der Waals surface area contributed by atoms with E-state index in [4.69, 9.17) is 5.11 Å². The van der Waals surface area contributed by atoms with Crippen LogP contribution in [0.1, 0.15) is 61.8 Å². The maximum Gasteiger partial charge on any atom is 0.354 e. The van der Waals surface area contributed by atoms with Gasteiger partial charge in [-0.3, -0.25) is 0 Å². The summed E-state index contributed by atoms with van der Waals surface area (Å²) in [5.74, 6) is 0.516. The third-order valence-corrected chi connectivity index (χ3v) is 3.40. The highest BCUT2D eigenvalue weighted by Crippen LogP contribution is 2.20. The standard InChI is InChI=1S/C14H21N3O2/c1-10(2)13-15-11(14(18)19)9-12(16-13)17-7-5-3-4-6-8-17/h9-10H,3-8H2,1-2H3,(H,18,19). The maximum atomic E-state index is 11.2. The first kappa shape index (κ1) is 13.8. The van der Waals surface area contributed by atoms with Gasteiger partial charge in [-0.15, -0.1) is 0 Å². The molecular formula is C14H21N3O2. The minimum Gasteiger partial charge on any atom is -0.477 e. The van der Waals surface area contributed by atoms with Crippen molar-refractivity contribution in [2.24, 2.45) is 0 Å². The van der Waals surface area contributed by atoms with Gasteiger partial charge in [0.25, 0.3) is 0 Å². The molecule has 19 heavy (non-hydrogen) atoms. The average Bonchev–Trinajstić information content (AvgIpc) is 2.66. The molecular weight excluding hydrogens is 242 g/mol. The number of carboxylic acids is 1. The Morgan fingerprint density at radius 3 is 2.37 bits per heavy atom. The van der Waals surface area contributed by atoms with Gasteiger partial charge in [0, 0.05) is 25.1 Å². The van der Waals surface area contributed by atoms with E-state index in [1.165, 1.54) is 12.8 Å². The third kappa shape index (κ3) is 3.43. The average molecular weight is 263 g/mol. The Balaban J connectivity index is 2.34. The number of rotatable bonds is 3. The number of hydrogen-bond acceptors (Lipinski definition) is 4. The van der Waals surface area contributed by atoms with Crippen molar-refractivity contribution < 1.29 is 9.90 Å². The van der Waals surface area contributed by atoms with Crippen molar-refractivity contribution in [3.05, 3.63) is 17.6 Å². The fourth-order valence-corrected chi connectivity index (χ4v) is 2.28. The molecule has 104 valence electrons. The Bertz CT molecular complexity index is 452. The Kier molecular flexibility index (Phi) is 4.35. The summed E-state index contributed by atoms with van der Waals surface area (Å²) >= 11 is 0. The number of aromatic carboxylic acids is 1. The van der Waals surface area contributed by atoms with Gasteiger partial charge in [0.05, 0.1) is 0 Å². The van der Waals surface area contributed by atoms with Crippen LogP contribution in [0.25, 0.3) is 0 Å². The van der Waals surface area contributed by atoms with E-state index >= 15 is 0 Å². The molecule has 0 aliphatic carbocycles. The van der Waals surface area contributed by atoms with Crippen molar-refractivity contribution in [1.82, 2.24) is 9.97 Å². The predicted molar refractivity (Wildman–Crippen MR) is 73.8 cm³/mol. The molecule has 5 nitrogen and oxygen atoms in total. The minimum atomic E-state index is -0.986. The van der Waals surface area contributed by atoms with Crippen LogP contribution in [0.5, 0.6) is 0 Å². The third-order valence-electron chi connectivity index (χ3n) is 3.40. The zero-order chi connectivity index (χ0) is 13.8. The molecule has 0 spiro atoms. The van der Waals surface area contributed by atoms with Crippen LogP contribution in [-0.2, 0) is 0 Å². The molecule has 1 N–H and O–H groups in total. The minimum absolute atomic E-state index is 0.0953. The van der Waals surface area contributed by atoms with Gasteiger partial charge in [0.1, 0.15) is 11.6 Å². The second-order valence-corrected chi connectivity index (χ2v) is 5.33. The first-order valence-corrected chi connectivity index (χ1v) is 6.95. The van der Waals surface area contributed by atoms with E-state index in [-0.39, 0.29) is 11.6 Å². The fourth-order valence-electron chi connectivity index (χ4n) is 2.28. The van der Waals surface area contributed by atoms with Crippen LogP contribution < -0.4 is 4.90 Å². The van der Waals surface area contributed by atoms with E-state index in [2.05, 4.69) is 14.9 Å². The first-order valence-electron chi connectivity index (χ1n) is 6.95. The maximum absolute atomic E-state index is 11.2. The molecule has 0 bridgehead atoms. The van der Waals surface area contributed by atoms with Gasteiger partial charge in [-0.05, 0) is 12.8 Å². The SMILES string of the molecule is CC(C)c1nc(C(=O)O)cc(N2CCCCCC2)n1. The summed E-state index contributed by atoms with van der Waals surface area (Å²) in [5, 5.41) is 9.16. The van der Waals surface area contributed by atoms with Crippen LogP contribution >= 0.6 is 0 Å². The lowest BCUT2D eigenvalue weighted by atomic mass is 10.2. The Labute approximate surface area is 113 Å². The molecule has 2 rings (SSSR count). The van der Waals surface area contributed by atoms with E-state index in [0.717, 1.165) is 31.7 Å². The second-order valence-electron chi connectivity index (χ2n) is 5.33. The van der Waals surface area contributed by atoms with E-state index in [0.29, 0.717) is 5.82 Å². The van der Waals surface area contributed by atoms with Crippen molar-refractivity contribution in [2.45, 2.75) is 45.4 Å². The zero-order valence-electron chi connectivity index (χ0n) is 11.6. The lowest BCUT2D eigenvalue weighted by Gasteiger charge is -2.22. The molecule has 0 saturated carbocycles. The van der Waals surface area contributed by atoms with Crippen LogP contribution in [0.4, 0.5) is 5.82 Å². The monoisotopic (exact) mass is 263 g/mol. The largest absolute Gasteiger partial charge is 0.477 e. The molecule has 1 saturated heterocycles. The molecule has 0 radical (unpaired) electrons. The van der Waals surface area contributed by atoms with Gasteiger partial charge in [0.15, 0.2) is 5.69 Å². The molecule has 0 amide bonds. The highest BCUT2D eigenvalue weighted by atomic mass is 16.4. The van der Waals surface area contributed by atoms with Crippen molar-refractivity contribution in [1.29, 1.82) is 0 Å². The first-order chi connectivity index (χ1) is 9.08. The zero-order valence-corrected chi connectivity index (χ0v) is 11.6. The summed E-state index contributed by atoms with van der Waals surface area (Å²) in [4.78, 5) is 22.0. The number of aromatic nitrogens is 2. The molecule has 5 heteroatoms. The molecule has 1 aromatic heterocycles. The van der Waals surface area contributed by atoms with Crippen LogP contribution in [-0.4, -0.2) is 34.1 Å². The summed E-state index contributed by atoms with van der Waals surface area (Å²) < 4.78 is 0. The molecule has 1 aliphatic heterocycles. The number of nitrogens with zero attached hydrogens (tertiary/aromatic N) is 3. The van der Waals surface area contributed by atoms with Gasteiger partial charge < -0.3 is 10.0 Å². The van der Waals surface area contributed by atoms with Crippen molar-refractivity contribution in [3.63, 3.8) is 0 Å². The van der Waals surface area contributed by atoms with E-state index in [1.54, 1.807) is 6.07 Å². The Morgan fingerprint density at radius 1 is 1.21 bits per heavy atom. The van der Waals surface area contributed by atoms with E-state index in [1.807, 2.05) is 13.8 Å². The molecule has 0 aromatic carbocycles. The fraction of sp³-hybridized carbons (Fsp3) is 0.643. The summed E-state index contributed by atoms with van der Waals surface area (Å²) in [6.07, 6.45) is 4.77.